The molecule has 0 aliphatic carbocycles. The van der Waals surface area contributed by atoms with Gasteiger partial charge in [-0.2, -0.15) is 0 Å². The summed E-state index contributed by atoms with van der Waals surface area (Å²) in [6, 6.07) is 14.0. The van der Waals surface area contributed by atoms with Crippen LogP contribution in [0.5, 0.6) is 17.4 Å². The molecule has 166 valence electrons. The Morgan fingerprint density at radius 1 is 1.03 bits per heavy atom. The van der Waals surface area contributed by atoms with Crippen LogP contribution in [0.3, 0.4) is 0 Å². The molecule has 9 heteroatoms. The zero-order chi connectivity index (χ0) is 22.7. The minimum Gasteiger partial charge on any atom is -0.497 e. The first-order valence-electron chi connectivity index (χ1n) is 10.1. The maximum atomic E-state index is 13.0. The average Bonchev–Trinajstić information content (AvgIpc) is 2.79. The minimum atomic E-state index is -0.106. The van der Waals surface area contributed by atoms with Crippen LogP contribution in [0.15, 0.2) is 54.9 Å². The summed E-state index contributed by atoms with van der Waals surface area (Å²) in [7, 11) is 1.62. The fourth-order valence-electron chi connectivity index (χ4n) is 3.61. The van der Waals surface area contributed by atoms with E-state index in [1.165, 1.54) is 6.33 Å². The van der Waals surface area contributed by atoms with Crippen molar-refractivity contribution in [1.29, 1.82) is 0 Å². The average molecular weight is 473 g/mol. The Kier molecular flexibility index (Phi) is 6.67. The lowest BCUT2D eigenvalue weighted by atomic mass is 10.1. The highest BCUT2D eigenvalue weighted by Crippen LogP contribution is 2.27. The van der Waals surface area contributed by atoms with Crippen LogP contribution in [0.25, 0.3) is 0 Å². The van der Waals surface area contributed by atoms with Gasteiger partial charge in [0.15, 0.2) is 0 Å². The van der Waals surface area contributed by atoms with Crippen LogP contribution in [0.2, 0.25) is 10.0 Å². The molecule has 0 N–H and O–H groups in total. The van der Waals surface area contributed by atoms with Crippen LogP contribution in [-0.4, -0.2) is 53.6 Å². The number of piperazine rings is 1. The first-order chi connectivity index (χ1) is 15.4. The SMILES string of the molecule is COc1ccc(Oc2cc(N3CCN(C(=O)c4ccc(Cl)cc4Cl)C(C)C3)ncn2)cc1. The van der Waals surface area contributed by atoms with E-state index in [0.29, 0.717) is 46.9 Å². The first-order valence-corrected chi connectivity index (χ1v) is 10.8. The van der Waals surface area contributed by atoms with Gasteiger partial charge in [-0.3, -0.25) is 4.79 Å². The highest BCUT2D eigenvalue weighted by molar-refractivity contribution is 6.36. The molecular weight excluding hydrogens is 451 g/mol. The summed E-state index contributed by atoms with van der Waals surface area (Å²) in [6.45, 7) is 3.79. The van der Waals surface area contributed by atoms with Crippen molar-refractivity contribution in [3.05, 3.63) is 70.5 Å². The van der Waals surface area contributed by atoms with Crippen LogP contribution in [-0.2, 0) is 0 Å². The maximum absolute atomic E-state index is 13.0. The molecule has 1 aromatic heterocycles. The van der Waals surface area contributed by atoms with Crippen molar-refractivity contribution >= 4 is 34.9 Å². The molecule has 7 nitrogen and oxygen atoms in total. The number of hydrogen-bond acceptors (Lipinski definition) is 6. The number of halogens is 2. The number of methoxy groups -OCH3 is 1. The molecule has 32 heavy (non-hydrogen) atoms. The number of ether oxygens (including phenoxy) is 2. The third kappa shape index (κ3) is 4.89. The quantitative estimate of drug-likeness (QED) is 0.523. The van der Waals surface area contributed by atoms with Gasteiger partial charge in [0.25, 0.3) is 5.91 Å². The molecule has 2 aromatic carbocycles. The number of amides is 1. The highest BCUT2D eigenvalue weighted by atomic mass is 35.5. The van der Waals surface area contributed by atoms with E-state index in [4.69, 9.17) is 32.7 Å². The summed E-state index contributed by atoms with van der Waals surface area (Å²) in [6.07, 6.45) is 1.48. The third-order valence-corrected chi connectivity index (χ3v) is 5.83. The van der Waals surface area contributed by atoms with Crippen molar-refractivity contribution in [2.24, 2.45) is 0 Å². The maximum Gasteiger partial charge on any atom is 0.255 e. The molecular formula is C23H22Cl2N4O3. The molecule has 3 aromatic rings. The summed E-state index contributed by atoms with van der Waals surface area (Å²) >= 11 is 12.2. The Balaban J connectivity index is 1.43. The minimum absolute atomic E-state index is 0.0380. The topological polar surface area (TPSA) is 67.8 Å². The molecule has 1 amide bonds. The lowest BCUT2D eigenvalue weighted by molar-refractivity contribution is 0.0674. The second-order valence-electron chi connectivity index (χ2n) is 7.41. The molecule has 1 aliphatic rings. The van der Waals surface area contributed by atoms with E-state index in [2.05, 4.69) is 14.9 Å². The van der Waals surface area contributed by atoms with E-state index in [1.807, 2.05) is 36.1 Å². The molecule has 1 saturated heterocycles. The van der Waals surface area contributed by atoms with Crippen molar-refractivity contribution in [3.63, 3.8) is 0 Å². The Labute approximate surface area is 196 Å². The largest absolute Gasteiger partial charge is 0.497 e. The number of hydrogen-bond donors (Lipinski definition) is 0. The van der Waals surface area contributed by atoms with Gasteiger partial charge in [0, 0.05) is 36.8 Å². The predicted octanol–water partition coefficient (Wildman–Crippen LogP) is 4.94. The van der Waals surface area contributed by atoms with Crippen LogP contribution in [0.4, 0.5) is 5.82 Å². The van der Waals surface area contributed by atoms with Crippen molar-refractivity contribution < 1.29 is 14.3 Å². The molecule has 0 spiro atoms. The van der Waals surface area contributed by atoms with E-state index >= 15 is 0 Å². The molecule has 2 heterocycles. The molecule has 4 rings (SSSR count). The second kappa shape index (κ2) is 9.63. The summed E-state index contributed by atoms with van der Waals surface area (Å²) in [5, 5.41) is 0.856. The van der Waals surface area contributed by atoms with E-state index < -0.39 is 0 Å². The van der Waals surface area contributed by atoms with Gasteiger partial charge in [0.05, 0.1) is 17.7 Å². The van der Waals surface area contributed by atoms with Crippen molar-refractivity contribution in [2.45, 2.75) is 13.0 Å². The lowest BCUT2D eigenvalue weighted by Gasteiger charge is -2.40. The fourth-order valence-corrected chi connectivity index (χ4v) is 4.10. The van der Waals surface area contributed by atoms with Crippen molar-refractivity contribution in [2.75, 3.05) is 31.6 Å². The van der Waals surface area contributed by atoms with Crippen LogP contribution < -0.4 is 14.4 Å². The number of carbonyl (C=O) groups excluding carboxylic acids is 1. The third-order valence-electron chi connectivity index (χ3n) is 5.28. The Bertz CT molecular complexity index is 1110. The molecule has 0 bridgehead atoms. The van der Waals surface area contributed by atoms with Crippen molar-refractivity contribution in [1.82, 2.24) is 14.9 Å². The van der Waals surface area contributed by atoms with E-state index in [9.17, 15) is 4.79 Å². The van der Waals surface area contributed by atoms with Crippen LogP contribution in [0, 0.1) is 0 Å². The zero-order valence-electron chi connectivity index (χ0n) is 17.7. The molecule has 1 atom stereocenters. The second-order valence-corrected chi connectivity index (χ2v) is 8.25. The predicted molar refractivity (Wildman–Crippen MR) is 124 cm³/mol. The van der Waals surface area contributed by atoms with Gasteiger partial charge in [-0.25, -0.2) is 9.97 Å². The zero-order valence-corrected chi connectivity index (χ0v) is 19.2. The van der Waals surface area contributed by atoms with Gasteiger partial charge >= 0.3 is 0 Å². The van der Waals surface area contributed by atoms with Crippen molar-refractivity contribution in [3.8, 4) is 17.4 Å². The van der Waals surface area contributed by atoms with Gasteiger partial charge in [-0.05, 0) is 49.4 Å². The molecule has 1 fully saturated rings. The standard InChI is InChI=1S/C23H22Cl2N4O3/c1-15-13-28(9-10-29(15)23(30)19-8-3-16(24)11-20(19)25)21-12-22(27-14-26-21)32-18-6-4-17(31-2)5-7-18/h3-8,11-12,14-15H,9-10,13H2,1-2H3. The first kappa shape index (κ1) is 22.2. The van der Waals surface area contributed by atoms with Crippen LogP contribution in [0.1, 0.15) is 17.3 Å². The summed E-state index contributed by atoms with van der Waals surface area (Å²) in [4.78, 5) is 25.5. The van der Waals surface area contributed by atoms with Gasteiger partial charge in [-0.15, -0.1) is 0 Å². The molecule has 0 saturated carbocycles. The van der Waals surface area contributed by atoms with Crippen LogP contribution >= 0.6 is 23.2 Å². The molecule has 1 unspecified atom stereocenters. The van der Waals surface area contributed by atoms with Gasteiger partial charge < -0.3 is 19.3 Å². The lowest BCUT2D eigenvalue weighted by Crippen LogP contribution is -2.54. The number of benzene rings is 2. The van der Waals surface area contributed by atoms with Gasteiger partial charge in [0.2, 0.25) is 5.88 Å². The van der Waals surface area contributed by atoms with E-state index in [0.717, 1.165) is 11.6 Å². The smallest absolute Gasteiger partial charge is 0.255 e. The number of anilines is 1. The Morgan fingerprint density at radius 3 is 2.47 bits per heavy atom. The summed E-state index contributed by atoms with van der Waals surface area (Å²) in [5.74, 6) is 2.48. The van der Waals surface area contributed by atoms with Gasteiger partial charge in [-0.1, -0.05) is 23.2 Å². The van der Waals surface area contributed by atoms with Gasteiger partial charge in [0.1, 0.15) is 23.6 Å². The number of rotatable bonds is 5. The van der Waals surface area contributed by atoms with E-state index in [-0.39, 0.29) is 11.9 Å². The summed E-state index contributed by atoms with van der Waals surface area (Å²) < 4.78 is 11.0. The molecule has 1 aliphatic heterocycles. The highest BCUT2D eigenvalue weighted by Gasteiger charge is 2.30. The number of carbonyl (C=O) groups is 1. The molecule has 0 radical (unpaired) electrons. The van der Waals surface area contributed by atoms with E-state index in [1.54, 1.807) is 31.4 Å². The number of nitrogens with zero attached hydrogens (tertiary/aromatic N) is 4. The monoisotopic (exact) mass is 472 g/mol. The Morgan fingerprint density at radius 2 is 1.78 bits per heavy atom. The fraction of sp³-hybridized carbons (Fsp3) is 0.261. The number of aromatic nitrogens is 2. The Hall–Kier alpha value is -3.03. The summed E-state index contributed by atoms with van der Waals surface area (Å²) in [5.41, 5.74) is 0.452. The normalized spacial score (nSPS) is 16.1.